The average molecular weight is 332 g/mol. The Morgan fingerprint density at radius 3 is 2.59 bits per heavy atom. The van der Waals surface area contributed by atoms with Gasteiger partial charge in [0.25, 0.3) is 10.1 Å². The molecule has 6 heteroatoms. The molecule has 0 aromatic heterocycles. The van der Waals surface area contributed by atoms with Crippen molar-refractivity contribution >= 4 is 10.1 Å². The second-order valence-electron chi connectivity index (χ2n) is 7.28. The van der Waals surface area contributed by atoms with Crippen molar-refractivity contribution in [2.24, 2.45) is 29.6 Å². The predicted molar refractivity (Wildman–Crippen MR) is 82.7 cm³/mol. The Kier molecular flexibility index (Phi) is 4.84. The Bertz CT molecular complexity index is 491. The van der Waals surface area contributed by atoms with E-state index in [1.54, 1.807) is 7.11 Å². The topological polar surface area (TPSA) is 61.8 Å². The Morgan fingerprint density at radius 2 is 1.91 bits per heavy atom. The van der Waals surface area contributed by atoms with Crippen molar-refractivity contribution in [3.05, 3.63) is 0 Å². The minimum Gasteiger partial charge on any atom is -0.356 e. The minimum absolute atomic E-state index is 0.103. The second kappa shape index (κ2) is 6.38. The lowest BCUT2D eigenvalue weighted by atomic mass is 9.57. The number of rotatable bonds is 4. The first kappa shape index (κ1) is 16.7. The summed E-state index contributed by atoms with van der Waals surface area (Å²) in [6.07, 6.45) is 7.20. The van der Waals surface area contributed by atoms with Crippen molar-refractivity contribution in [3.63, 3.8) is 0 Å². The van der Waals surface area contributed by atoms with Gasteiger partial charge in [-0.1, -0.05) is 19.3 Å². The molecule has 1 saturated heterocycles. The average Bonchev–Trinajstić information content (AvgIpc) is 2.79. The van der Waals surface area contributed by atoms with Gasteiger partial charge in [-0.25, -0.2) is 0 Å². The molecule has 22 heavy (non-hydrogen) atoms. The van der Waals surface area contributed by atoms with Crippen molar-refractivity contribution in [1.29, 1.82) is 0 Å². The Hall–Kier alpha value is -0.170. The lowest BCUT2D eigenvalue weighted by Gasteiger charge is -2.47. The van der Waals surface area contributed by atoms with E-state index in [0.717, 1.165) is 12.7 Å². The smallest absolute Gasteiger partial charge is 0.264 e. The van der Waals surface area contributed by atoms with Crippen LogP contribution < -0.4 is 0 Å². The summed E-state index contributed by atoms with van der Waals surface area (Å²) in [5.74, 6) is 2.20. The zero-order valence-corrected chi connectivity index (χ0v) is 14.6. The molecule has 7 atom stereocenters. The van der Waals surface area contributed by atoms with Crippen LogP contribution in [0.15, 0.2) is 0 Å². The molecule has 3 fully saturated rings. The van der Waals surface area contributed by atoms with Crippen molar-refractivity contribution in [2.45, 2.75) is 51.4 Å². The highest BCUT2D eigenvalue weighted by molar-refractivity contribution is 7.85. The van der Waals surface area contributed by atoms with Gasteiger partial charge in [-0.15, -0.1) is 0 Å². The summed E-state index contributed by atoms with van der Waals surface area (Å²) in [7, 11) is -1.70. The van der Waals surface area contributed by atoms with Crippen LogP contribution in [0.5, 0.6) is 0 Å². The van der Waals surface area contributed by atoms with Crippen molar-refractivity contribution < 1.29 is 22.1 Å². The van der Waals surface area contributed by atoms with Crippen LogP contribution in [0.1, 0.15) is 39.0 Å². The molecule has 1 aliphatic heterocycles. The molecule has 2 saturated carbocycles. The minimum atomic E-state index is -3.40. The van der Waals surface area contributed by atoms with Crippen LogP contribution in [-0.4, -0.2) is 40.8 Å². The van der Waals surface area contributed by atoms with E-state index in [2.05, 4.69) is 6.92 Å². The van der Waals surface area contributed by atoms with Crippen molar-refractivity contribution in [2.75, 3.05) is 20.0 Å². The second-order valence-corrected chi connectivity index (χ2v) is 8.93. The summed E-state index contributed by atoms with van der Waals surface area (Å²) in [6.45, 7) is 2.39. The quantitative estimate of drug-likeness (QED) is 0.740. The van der Waals surface area contributed by atoms with E-state index in [1.807, 2.05) is 0 Å². The van der Waals surface area contributed by atoms with Crippen molar-refractivity contribution in [3.8, 4) is 0 Å². The Labute approximate surface area is 133 Å². The molecule has 0 bridgehead atoms. The molecule has 0 spiro atoms. The van der Waals surface area contributed by atoms with Gasteiger partial charge in [-0.3, -0.25) is 4.18 Å². The zero-order valence-electron chi connectivity index (χ0n) is 13.7. The zero-order chi connectivity index (χ0) is 15.9. The molecule has 0 amide bonds. The van der Waals surface area contributed by atoms with Crippen molar-refractivity contribution in [1.82, 2.24) is 0 Å². The molecule has 2 aliphatic carbocycles. The first-order valence-corrected chi connectivity index (χ1v) is 10.2. The third kappa shape index (κ3) is 3.21. The van der Waals surface area contributed by atoms with Crippen LogP contribution in [0, 0.1) is 29.6 Å². The first-order chi connectivity index (χ1) is 10.4. The molecule has 3 rings (SSSR count). The highest BCUT2D eigenvalue weighted by atomic mass is 32.2. The maximum absolute atomic E-state index is 11.4. The molecule has 0 aromatic carbocycles. The fraction of sp³-hybridized carbons (Fsp3) is 1.00. The van der Waals surface area contributed by atoms with Gasteiger partial charge >= 0.3 is 0 Å². The van der Waals surface area contributed by atoms with Crippen LogP contribution in [0.3, 0.4) is 0 Å². The number of fused-ring (bicyclic) bond motifs is 2. The van der Waals surface area contributed by atoms with Gasteiger partial charge in [0.1, 0.15) is 0 Å². The summed E-state index contributed by atoms with van der Waals surface area (Å²) < 4.78 is 39.7. The van der Waals surface area contributed by atoms with E-state index in [0.29, 0.717) is 30.3 Å². The van der Waals surface area contributed by atoms with Crippen LogP contribution in [0.2, 0.25) is 0 Å². The predicted octanol–water partition coefficient (Wildman–Crippen LogP) is 2.41. The fourth-order valence-electron chi connectivity index (χ4n) is 5.26. The summed E-state index contributed by atoms with van der Waals surface area (Å²) in [4.78, 5) is 0. The van der Waals surface area contributed by atoms with Gasteiger partial charge < -0.3 is 9.47 Å². The number of methoxy groups -OCH3 is 1. The van der Waals surface area contributed by atoms with Crippen LogP contribution in [-0.2, 0) is 23.8 Å². The Balaban J connectivity index is 1.83. The first-order valence-electron chi connectivity index (χ1n) is 8.43. The van der Waals surface area contributed by atoms with E-state index in [9.17, 15) is 8.42 Å². The number of hydrogen-bond acceptors (Lipinski definition) is 5. The molecule has 0 unspecified atom stereocenters. The van der Waals surface area contributed by atoms with Gasteiger partial charge in [0.2, 0.25) is 0 Å². The molecule has 0 aromatic rings. The van der Waals surface area contributed by atoms with Gasteiger partial charge in [-0.2, -0.15) is 8.42 Å². The van der Waals surface area contributed by atoms with E-state index < -0.39 is 10.1 Å². The molecule has 1 heterocycles. The van der Waals surface area contributed by atoms with E-state index in [4.69, 9.17) is 13.7 Å². The summed E-state index contributed by atoms with van der Waals surface area (Å²) in [5, 5.41) is 0. The van der Waals surface area contributed by atoms with Gasteiger partial charge in [0.05, 0.1) is 19.0 Å². The number of hydrogen-bond donors (Lipinski definition) is 0. The maximum Gasteiger partial charge on any atom is 0.264 e. The number of ether oxygens (including phenoxy) is 2. The molecular weight excluding hydrogens is 304 g/mol. The molecular formula is C16H28O5S. The molecule has 128 valence electrons. The van der Waals surface area contributed by atoms with E-state index in [1.165, 1.54) is 25.7 Å². The maximum atomic E-state index is 11.4. The normalized spacial score (nSPS) is 45.3. The molecule has 5 nitrogen and oxygen atoms in total. The van der Waals surface area contributed by atoms with Gasteiger partial charge in [0, 0.05) is 13.0 Å². The highest BCUT2D eigenvalue weighted by Gasteiger charge is 2.54. The monoisotopic (exact) mass is 332 g/mol. The third-order valence-corrected chi connectivity index (χ3v) is 6.59. The lowest BCUT2D eigenvalue weighted by Crippen LogP contribution is -2.46. The van der Waals surface area contributed by atoms with Gasteiger partial charge in [0.15, 0.2) is 6.29 Å². The van der Waals surface area contributed by atoms with Gasteiger partial charge in [-0.05, 0) is 43.4 Å². The SMILES string of the molecule is CO[C@H]1O[C@@H](C)[C@H]2[C@@H]1C[C@H]1CCCC[C@@H]1[C@@H]2COS(C)(=O)=O. The standard InChI is InChI=1S/C16H28O5S/c1-10-15-13(16(19-2)21-10)8-11-6-4-5-7-12(11)14(15)9-20-22(3,17)18/h10-16H,4-9H2,1-3H3/t10-,11+,12-,13-,14-,15-,16-/m0/s1. The fourth-order valence-corrected chi connectivity index (χ4v) is 5.67. The summed E-state index contributed by atoms with van der Waals surface area (Å²) in [6, 6.07) is 0. The van der Waals surface area contributed by atoms with Crippen LogP contribution in [0.25, 0.3) is 0 Å². The summed E-state index contributed by atoms with van der Waals surface area (Å²) >= 11 is 0. The van der Waals surface area contributed by atoms with E-state index >= 15 is 0 Å². The van der Waals surface area contributed by atoms with E-state index in [-0.39, 0.29) is 18.3 Å². The lowest BCUT2D eigenvalue weighted by molar-refractivity contribution is -0.132. The molecule has 3 aliphatic rings. The van der Waals surface area contributed by atoms with Crippen LogP contribution in [0.4, 0.5) is 0 Å². The van der Waals surface area contributed by atoms with Crippen LogP contribution >= 0.6 is 0 Å². The highest BCUT2D eigenvalue weighted by Crippen LogP contribution is 2.54. The third-order valence-electron chi connectivity index (χ3n) is 6.03. The Morgan fingerprint density at radius 1 is 1.18 bits per heavy atom. The summed E-state index contributed by atoms with van der Waals surface area (Å²) in [5.41, 5.74) is 0. The molecule has 0 N–H and O–H groups in total. The molecule has 0 radical (unpaired) electrons. The largest absolute Gasteiger partial charge is 0.356 e.